The molecule has 1 unspecified atom stereocenters. The van der Waals surface area contributed by atoms with Crippen molar-refractivity contribution < 1.29 is 19.0 Å². The Hall–Kier alpha value is -2.40. The number of halogens is 1. The lowest BCUT2D eigenvalue weighted by atomic mass is 10.1. The highest BCUT2D eigenvalue weighted by Crippen LogP contribution is 2.17. The molecular formula is C18H20FNO3. The number of nitrogens with one attached hydrogen (secondary N) is 1. The first-order valence-electron chi connectivity index (χ1n) is 7.53. The number of ether oxygens (including phenoxy) is 1. The minimum Gasteiger partial charge on any atom is -0.494 e. The molecule has 5 heteroatoms. The van der Waals surface area contributed by atoms with Crippen LogP contribution in [0.15, 0.2) is 54.6 Å². The number of aliphatic hydroxyl groups excluding tert-OH is 1. The van der Waals surface area contributed by atoms with Crippen LogP contribution in [0.5, 0.6) is 5.75 Å². The summed E-state index contributed by atoms with van der Waals surface area (Å²) in [7, 11) is 0. The van der Waals surface area contributed by atoms with Crippen molar-refractivity contribution in [2.45, 2.75) is 18.9 Å². The molecule has 23 heavy (non-hydrogen) atoms. The van der Waals surface area contributed by atoms with Gasteiger partial charge in [0, 0.05) is 6.54 Å². The molecule has 1 atom stereocenters. The largest absolute Gasteiger partial charge is 0.494 e. The Morgan fingerprint density at radius 2 is 1.96 bits per heavy atom. The van der Waals surface area contributed by atoms with Gasteiger partial charge in [-0.05, 0) is 36.2 Å². The summed E-state index contributed by atoms with van der Waals surface area (Å²) in [5.74, 6) is 0.0850. The second-order valence-corrected chi connectivity index (χ2v) is 5.14. The highest BCUT2D eigenvalue weighted by atomic mass is 19.1. The lowest BCUT2D eigenvalue weighted by Crippen LogP contribution is -2.27. The predicted octanol–water partition coefficient (Wildman–Crippen LogP) is 2.83. The van der Waals surface area contributed by atoms with Crippen molar-refractivity contribution in [1.82, 2.24) is 5.32 Å². The zero-order valence-corrected chi connectivity index (χ0v) is 12.7. The smallest absolute Gasteiger partial charge is 0.222 e. The predicted molar refractivity (Wildman–Crippen MR) is 85.5 cm³/mol. The Labute approximate surface area is 134 Å². The molecule has 2 N–H and O–H groups in total. The number of aliphatic hydroxyl groups is 1. The van der Waals surface area contributed by atoms with Crippen LogP contribution in [0.25, 0.3) is 0 Å². The van der Waals surface area contributed by atoms with Gasteiger partial charge in [0.05, 0.1) is 19.1 Å². The Kier molecular flexibility index (Phi) is 6.56. The topological polar surface area (TPSA) is 58.6 Å². The summed E-state index contributed by atoms with van der Waals surface area (Å²) >= 11 is 0. The SMILES string of the molecule is O=C(CC(O)c1cccc(F)c1)NCCCOc1ccccc1. The maximum Gasteiger partial charge on any atom is 0.222 e. The fourth-order valence-corrected chi connectivity index (χ4v) is 2.09. The lowest BCUT2D eigenvalue weighted by Gasteiger charge is -2.11. The number of carbonyl (C=O) groups is 1. The Morgan fingerprint density at radius 1 is 1.17 bits per heavy atom. The van der Waals surface area contributed by atoms with Gasteiger partial charge in [-0.25, -0.2) is 4.39 Å². The number of rotatable bonds is 8. The van der Waals surface area contributed by atoms with E-state index in [1.807, 2.05) is 30.3 Å². The second kappa shape index (κ2) is 8.90. The van der Waals surface area contributed by atoms with Crippen molar-refractivity contribution in [2.24, 2.45) is 0 Å². The van der Waals surface area contributed by atoms with Crippen LogP contribution in [0.3, 0.4) is 0 Å². The van der Waals surface area contributed by atoms with Crippen molar-refractivity contribution in [2.75, 3.05) is 13.2 Å². The van der Waals surface area contributed by atoms with E-state index < -0.39 is 11.9 Å². The number of amides is 1. The molecule has 2 aromatic rings. The molecule has 0 radical (unpaired) electrons. The normalized spacial score (nSPS) is 11.7. The van der Waals surface area contributed by atoms with Gasteiger partial charge < -0.3 is 15.2 Å². The summed E-state index contributed by atoms with van der Waals surface area (Å²) in [4.78, 5) is 11.7. The molecule has 0 saturated heterocycles. The molecule has 0 aliphatic heterocycles. The molecule has 0 aliphatic rings. The molecule has 0 aliphatic carbocycles. The van der Waals surface area contributed by atoms with Crippen molar-refractivity contribution in [3.05, 3.63) is 66.0 Å². The molecule has 0 aromatic heterocycles. The Bertz CT molecular complexity index is 619. The summed E-state index contributed by atoms with van der Waals surface area (Å²) in [5, 5.41) is 12.6. The monoisotopic (exact) mass is 317 g/mol. The van der Waals surface area contributed by atoms with E-state index in [9.17, 15) is 14.3 Å². The van der Waals surface area contributed by atoms with Crippen molar-refractivity contribution in [1.29, 1.82) is 0 Å². The molecule has 2 rings (SSSR count). The average molecular weight is 317 g/mol. The van der Waals surface area contributed by atoms with Crippen LogP contribution in [0.2, 0.25) is 0 Å². The number of para-hydroxylation sites is 1. The molecule has 2 aromatic carbocycles. The maximum absolute atomic E-state index is 13.1. The van der Waals surface area contributed by atoms with E-state index in [-0.39, 0.29) is 12.3 Å². The molecule has 0 bridgehead atoms. The molecule has 122 valence electrons. The van der Waals surface area contributed by atoms with E-state index in [4.69, 9.17) is 4.74 Å². The van der Waals surface area contributed by atoms with Crippen LogP contribution in [0.4, 0.5) is 4.39 Å². The van der Waals surface area contributed by atoms with Crippen molar-refractivity contribution in [3.8, 4) is 5.75 Å². The van der Waals surface area contributed by atoms with Crippen LogP contribution in [-0.2, 0) is 4.79 Å². The number of hydrogen-bond donors (Lipinski definition) is 2. The minimum absolute atomic E-state index is 0.0943. The Morgan fingerprint density at radius 3 is 2.70 bits per heavy atom. The molecule has 0 spiro atoms. The van der Waals surface area contributed by atoms with E-state index in [2.05, 4.69) is 5.32 Å². The minimum atomic E-state index is -1.01. The van der Waals surface area contributed by atoms with Gasteiger partial charge in [-0.15, -0.1) is 0 Å². The molecule has 0 fully saturated rings. The summed E-state index contributed by atoms with van der Waals surface area (Å²) < 4.78 is 18.6. The van der Waals surface area contributed by atoms with Gasteiger partial charge in [-0.3, -0.25) is 4.79 Å². The summed E-state index contributed by atoms with van der Waals surface area (Å²) in [6.45, 7) is 0.957. The van der Waals surface area contributed by atoms with Crippen LogP contribution < -0.4 is 10.1 Å². The maximum atomic E-state index is 13.1. The third-order valence-corrected chi connectivity index (χ3v) is 3.27. The van der Waals surface area contributed by atoms with Crippen LogP contribution >= 0.6 is 0 Å². The van der Waals surface area contributed by atoms with Gasteiger partial charge >= 0.3 is 0 Å². The molecule has 0 heterocycles. The summed E-state index contributed by atoms with van der Waals surface area (Å²) in [6.07, 6.45) is -0.439. The summed E-state index contributed by atoms with van der Waals surface area (Å²) in [5.41, 5.74) is 0.396. The highest BCUT2D eigenvalue weighted by molar-refractivity contribution is 5.76. The van der Waals surface area contributed by atoms with Gasteiger partial charge in [0.1, 0.15) is 11.6 Å². The van der Waals surface area contributed by atoms with Crippen LogP contribution in [-0.4, -0.2) is 24.2 Å². The van der Waals surface area contributed by atoms with Crippen molar-refractivity contribution >= 4 is 5.91 Å². The highest BCUT2D eigenvalue weighted by Gasteiger charge is 2.13. The van der Waals surface area contributed by atoms with Gasteiger partial charge in [0.25, 0.3) is 0 Å². The number of benzene rings is 2. The number of hydrogen-bond acceptors (Lipinski definition) is 3. The van der Waals surface area contributed by atoms with Crippen LogP contribution in [0, 0.1) is 5.82 Å². The van der Waals surface area contributed by atoms with Crippen molar-refractivity contribution in [3.63, 3.8) is 0 Å². The first-order valence-corrected chi connectivity index (χ1v) is 7.53. The summed E-state index contributed by atoms with van der Waals surface area (Å²) in [6, 6.07) is 15.1. The van der Waals surface area contributed by atoms with E-state index in [0.717, 1.165) is 5.75 Å². The van der Waals surface area contributed by atoms with E-state index >= 15 is 0 Å². The van der Waals surface area contributed by atoms with Gasteiger partial charge in [-0.2, -0.15) is 0 Å². The second-order valence-electron chi connectivity index (χ2n) is 5.14. The zero-order valence-electron chi connectivity index (χ0n) is 12.7. The van der Waals surface area contributed by atoms with E-state index in [1.165, 1.54) is 18.2 Å². The molecular weight excluding hydrogens is 297 g/mol. The fourth-order valence-electron chi connectivity index (χ4n) is 2.09. The fraction of sp³-hybridized carbons (Fsp3) is 0.278. The standard InChI is InChI=1S/C18H20FNO3/c19-15-7-4-6-14(12-15)17(21)13-18(22)20-10-5-11-23-16-8-2-1-3-9-16/h1-4,6-9,12,17,21H,5,10-11,13H2,(H,20,22). The van der Waals surface area contributed by atoms with E-state index in [0.29, 0.717) is 25.1 Å². The van der Waals surface area contributed by atoms with Gasteiger partial charge in [0.2, 0.25) is 5.91 Å². The van der Waals surface area contributed by atoms with Gasteiger partial charge in [0.15, 0.2) is 0 Å². The molecule has 1 amide bonds. The quantitative estimate of drug-likeness (QED) is 0.736. The average Bonchev–Trinajstić information content (AvgIpc) is 2.55. The van der Waals surface area contributed by atoms with Gasteiger partial charge in [-0.1, -0.05) is 30.3 Å². The third kappa shape index (κ3) is 6.08. The first kappa shape index (κ1) is 17.0. The van der Waals surface area contributed by atoms with E-state index in [1.54, 1.807) is 6.07 Å². The zero-order chi connectivity index (χ0) is 16.5. The number of carbonyl (C=O) groups excluding carboxylic acids is 1. The molecule has 0 saturated carbocycles. The van der Waals surface area contributed by atoms with Crippen LogP contribution in [0.1, 0.15) is 24.5 Å². The lowest BCUT2D eigenvalue weighted by molar-refractivity contribution is -0.123. The Balaban J connectivity index is 1.63. The third-order valence-electron chi connectivity index (χ3n) is 3.27. The first-order chi connectivity index (χ1) is 11.1. The molecule has 4 nitrogen and oxygen atoms in total.